The van der Waals surface area contributed by atoms with Crippen LogP contribution in [-0.4, -0.2) is 37.4 Å². The number of methoxy groups -OCH3 is 1. The van der Waals surface area contributed by atoms with E-state index in [2.05, 4.69) is 5.32 Å². The number of nitrogens with one attached hydrogen (secondary N) is 1. The van der Waals surface area contributed by atoms with Crippen molar-refractivity contribution in [2.24, 2.45) is 0 Å². The van der Waals surface area contributed by atoms with Gasteiger partial charge in [0.05, 0.1) is 19.3 Å². The number of rotatable bonds is 7. The number of benzene rings is 1. The van der Waals surface area contributed by atoms with Crippen LogP contribution in [0.15, 0.2) is 24.3 Å². The van der Waals surface area contributed by atoms with Gasteiger partial charge in [0, 0.05) is 6.54 Å². The summed E-state index contributed by atoms with van der Waals surface area (Å²) in [4.78, 5) is 11.7. The van der Waals surface area contributed by atoms with Crippen LogP contribution in [0, 0.1) is 0 Å². The summed E-state index contributed by atoms with van der Waals surface area (Å²) in [6, 6.07) is 7.13. The van der Waals surface area contributed by atoms with Crippen molar-refractivity contribution in [3.63, 3.8) is 0 Å². The van der Waals surface area contributed by atoms with E-state index in [-0.39, 0.29) is 25.2 Å². The molecule has 0 spiro atoms. The van der Waals surface area contributed by atoms with Gasteiger partial charge in [-0.05, 0) is 30.5 Å². The van der Waals surface area contributed by atoms with Crippen LogP contribution >= 0.6 is 0 Å². The van der Waals surface area contributed by atoms with Crippen molar-refractivity contribution in [3.05, 3.63) is 29.8 Å². The van der Waals surface area contributed by atoms with E-state index >= 15 is 0 Å². The summed E-state index contributed by atoms with van der Waals surface area (Å²) in [6.45, 7) is 0.249. The van der Waals surface area contributed by atoms with E-state index < -0.39 is 6.10 Å². The van der Waals surface area contributed by atoms with Crippen molar-refractivity contribution >= 4 is 5.91 Å². The van der Waals surface area contributed by atoms with Crippen molar-refractivity contribution in [2.45, 2.75) is 37.9 Å². The third kappa shape index (κ3) is 5.02. The molecule has 0 radical (unpaired) electrons. The molecule has 0 bridgehead atoms. The minimum absolute atomic E-state index is 0.0694. The van der Waals surface area contributed by atoms with Gasteiger partial charge < -0.3 is 19.9 Å². The lowest BCUT2D eigenvalue weighted by Crippen LogP contribution is -2.32. The summed E-state index contributed by atoms with van der Waals surface area (Å²) in [5.41, 5.74) is 0.743. The molecule has 2 rings (SSSR count). The molecule has 5 nitrogen and oxygen atoms in total. The number of hydrogen-bond acceptors (Lipinski definition) is 4. The van der Waals surface area contributed by atoms with Gasteiger partial charge in [0.25, 0.3) is 0 Å². The number of amides is 1. The van der Waals surface area contributed by atoms with Crippen LogP contribution in [0.5, 0.6) is 5.75 Å². The molecule has 1 saturated carbocycles. The third-order valence-corrected chi connectivity index (χ3v) is 3.75. The average molecular weight is 293 g/mol. The second kappa shape index (κ2) is 8.00. The van der Waals surface area contributed by atoms with E-state index in [1.807, 2.05) is 0 Å². The lowest BCUT2D eigenvalue weighted by atomic mass is 10.1. The van der Waals surface area contributed by atoms with Crippen molar-refractivity contribution in [3.8, 4) is 5.75 Å². The molecule has 5 heteroatoms. The zero-order valence-electron chi connectivity index (χ0n) is 12.4. The fourth-order valence-electron chi connectivity index (χ4n) is 2.45. The highest BCUT2D eigenvalue weighted by Crippen LogP contribution is 2.20. The summed E-state index contributed by atoms with van der Waals surface area (Å²) >= 11 is 0. The molecule has 0 aliphatic heterocycles. The molecule has 1 unspecified atom stereocenters. The van der Waals surface area contributed by atoms with Crippen LogP contribution in [-0.2, 0) is 9.53 Å². The molecule has 1 aromatic carbocycles. The molecule has 116 valence electrons. The topological polar surface area (TPSA) is 67.8 Å². The van der Waals surface area contributed by atoms with E-state index in [4.69, 9.17) is 9.47 Å². The zero-order valence-corrected chi connectivity index (χ0v) is 12.4. The number of aliphatic hydroxyl groups is 1. The predicted molar refractivity (Wildman–Crippen MR) is 79.2 cm³/mol. The van der Waals surface area contributed by atoms with E-state index in [1.54, 1.807) is 31.4 Å². The van der Waals surface area contributed by atoms with Crippen LogP contribution in [0.3, 0.4) is 0 Å². The molecule has 21 heavy (non-hydrogen) atoms. The van der Waals surface area contributed by atoms with Gasteiger partial charge in [-0.1, -0.05) is 25.0 Å². The largest absolute Gasteiger partial charge is 0.497 e. The molecule has 1 aliphatic rings. The van der Waals surface area contributed by atoms with Gasteiger partial charge in [0.1, 0.15) is 12.4 Å². The molecule has 0 aromatic heterocycles. The normalized spacial score (nSPS) is 16.7. The van der Waals surface area contributed by atoms with E-state index in [9.17, 15) is 9.90 Å². The minimum Gasteiger partial charge on any atom is -0.497 e. The Kier molecular flexibility index (Phi) is 6.02. The van der Waals surface area contributed by atoms with Crippen LogP contribution in [0.25, 0.3) is 0 Å². The van der Waals surface area contributed by atoms with Gasteiger partial charge in [-0.25, -0.2) is 0 Å². The Bertz CT molecular complexity index is 440. The van der Waals surface area contributed by atoms with Gasteiger partial charge in [-0.3, -0.25) is 4.79 Å². The number of carbonyl (C=O) groups excluding carboxylic acids is 1. The zero-order chi connectivity index (χ0) is 15.1. The third-order valence-electron chi connectivity index (χ3n) is 3.75. The van der Waals surface area contributed by atoms with Crippen LogP contribution in [0.4, 0.5) is 0 Å². The van der Waals surface area contributed by atoms with Gasteiger partial charge in [-0.15, -0.1) is 0 Å². The molecule has 1 atom stereocenters. The molecular formula is C16H23NO4. The standard InChI is InChI=1S/C16H23NO4/c1-20-13-8-6-12(7-9-13)15(18)10-17-16(19)11-21-14-4-2-3-5-14/h6-9,14-15,18H,2-5,10-11H2,1H3,(H,17,19). The highest BCUT2D eigenvalue weighted by Gasteiger charge is 2.17. The molecule has 1 amide bonds. The van der Waals surface area contributed by atoms with Crippen LogP contribution in [0.2, 0.25) is 0 Å². The van der Waals surface area contributed by atoms with Crippen molar-refractivity contribution in [1.29, 1.82) is 0 Å². The number of hydrogen-bond donors (Lipinski definition) is 2. The van der Waals surface area contributed by atoms with Crippen molar-refractivity contribution in [2.75, 3.05) is 20.3 Å². The fraction of sp³-hybridized carbons (Fsp3) is 0.562. The second-order valence-corrected chi connectivity index (χ2v) is 5.31. The number of aliphatic hydroxyl groups excluding tert-OH is 1. The SMILES string of the molecule is COc1ccc(C(O)CNC(=O)COC2CCCC2)cc1. The molecule has 2 N–H and O–H groups in total. The molecule has 1 aliphatic carbocycles. The maximum absolute atomic E-state index is 11.7. The molecule has 1 fully saturated rings. The van der Waals surface area contributed by atoms with Gasteiger partial charge in [0.2, 0.25) is 5.91 Å². The van der Waals surface area contributed by atoms with Crippen molar-refractivity contribution < 1.29 is 19.4 Å². The number of carbonyl (C=O) groups is 1. The molecule has 0 heterocycles. The van der Waals surface area contributed by atoms with E-state index in [0.717, 1.165) is 24.2 Å². The van der Waals surface area contributed by atoms with Gasteiger partial charge >= 0.3 is 0 Å². The summed E-state index contributed by atoms with van der Waals surface area (Å²) in [5, 5.41) is 12.7. The number of ether oxygens (including phenoxy) is 2. The molecule has 0 saturated heterocycles. The maximum atomic E-state index is 11.7. The first kappa shape index (κ1) is 15.8. The Hall–Kier alpha value is -1.59. The average Bonchev–Trinajstić information content (AvgIpc) is 3.04. The van der Waals surface area contributed by atoms with Gasteiger partial charge in [-0.2, -0.15) is 0 Å². The maximum Gasteiger partial charge on any atom is 0.246 e. The van der Waals surface area contributed by atoms with E-state index in [1.165, 1.54) is 12.8 Å². The minimum atomic E-state index is -0.730. The fourth-order valence-corrected chi connectivity index (χ4v) is 2.45. The Morgan fingerprint density at radius 1 is 1.33 bits per heavy atom. The summed E-state index contributed by atoms with van der Waals surface area (Å²) in [5.74, 6) is 0.550. The van der Waals surface area contributed by atoms with Crippen LogP contribution < -0.4 is 10.1 Å². The van der Waals surface area contributed by atoms with Gasteiger partial charge in [0.15, 0.2) is 0 Å². The second-order valence-electron chi connectivity index (χ2n) is 5.31. The Morgan fingerprint density at radius 2 is 2.00 bits per heavy atom. The van der Waals surface area contributed by atoms with E-state index in [0.29, 0.717) is 0 Å². The lowest BCUT2D eigenvalue weighted by Gasteiger charge is -2.14. The molecule has 1 aromatic rings. The lowest BCUT2D eigenvalue weighted by molar-refractivity contribution is -0.128. The highest BCUT2D eigenvalue weighted by atomic mass is 16.5. The summed E-state index contributed by atoms with van der Waals surface area (Å²) < 4.78 is 10.6. The smallest absolute Gasteiger partial charge is 0.246 e. The van der Waals surface area contributed by atoms with Crippen molar-refractivity contribution in [1.82, 2.24) is 5.32 Å². The first-order valence-corrected chi connectivity index (χ1v) is 7.39. The Labute approximate surface area is 125 Å². The molecular weight excluding hydrogens is 270 g/mol. The summed E-state index contributed by atoms with van der Waals surface area (Å²) in [7, 11) is 1.59. The highest BCUT2D eigenvalue weighted by molar-refractivity contribution is 5.77. The summed E-state index contributed by atoms with van der Waals surface area (Å²) in [6.07, 6.45) is 3.95. The quantitative estimate of drug-likeness (QED) is 0.804. The Morgan fingerprint density at radius 3 is 2.62 bits per heavy atom. The first-order chi connectivity index (χ1) is 10.2. The van der Waals surface area contributed by atoms with Crippen LogP contribution in [0.1, 0.15) is 37.4 Å². The monoisotopic (exact) mass is 293 g/mol. The Balaban J connectivity index is 1.69. The first-order valence-electron chi connectivity index (χ1n) is 7.39. The predicted octanol–water partition coefficient (Wildman–Crippen LogP) is 1.80.